The van der Waals surface area contributed by atoms with Gasteiger partial charge in [-0.2, -0.15) is 0 Å². The van der Waals surface area contributed by atoms with Crippen LogP contribution in [0.4, 0.5) is 0 Å². The maximum atomic E-state index is 6.02. The second-order valence-electron chi connectivity index (χ2n) is 7.66. The third kappa shape index (κ3) is 3.92. The number of rotatable bonds is 8. The van der Waals surface area contributed by atoms with Crippen LogP contribution >= 0.6 is 23.3 Å². The number of hydrogen-bond acceptors (Lipinski definition) is 6. The molecule has 2 heterocycles. The van der Waals surface area contributed by atoms with Crippen molar-refractivity contribution in [2.75, 3.05) is 25.9 Å². The molecule has 1 aromatic heterocycles. The van der Waals surface area contributed by atoms with Gasteiger partial charge in [0.15, 0.2) is 0 Å². The van der Waals surface area contributed by atoms with Gasteiger partial charge < -0.3 is 10.1 Å². The SMILES string of the molecule is CSN1CC2CC2C1CNCCc1cccc(Oc2nc3ccccc3s2)c1. The molecule has 0 amide bonds. The van der Waals surface area contributed by atoms with Gasteiger partial charge in [0.1, 0.15) is 5.75 Å². The van der Waals surface area contributed by atoms with Crippen molar-refractivity contribution in [1.29, 1.82) is 0 Å². The Morgan fingerprint density at radius 2 is 2.18 bits per heavy atom. The highest BCUT2D eigenvalue weighted by molar-refractivity contribution is 7.96. The molecule has 1 N–H and O–H groups in total. The molecule has 0 spiro atoms. The van der Waals surface area contributed by atoms with E-state index in [4.69, 9.17) is 4.74 Å². The second kappa shape index (κ2) is 8.03. The molecule has 4 nitrogen and oxygen atoms in total. The van der Waals surface area contributed by atoms with Crippen LogP contribution in [0.15, 0.2) is 48.5 Å². The Morgan fingerprint density at radius 3 is 3.07 bits per heavy atom. The number of aromatic nitrogens is 1. The molecule has 5 rings (SSSR count). The molecule has 3 aromatic rings. The molecule has 6 heteroatoms. The highest BCUT2D eigenvalue weighted by atomic mass is 32.2. The van der Waals surface area contributed by atoms with E-state index in [2.05, 4.69) is 45.1 Å². The largest absolute Gasteiger partial charge is 0.431 e. The molecule has 1 saturated carbocycles. The zero-order valence-corrected chi connectivity index (χ0v) is 17.6. The van der Waals surface area contributed by atoms with Gasteiger partial charge in [0.25, 0.3) is 5.19 Å². The van der Waals surface area contributed by atoms with Gasteiger partial charge in [0.2, 0.25) is 0 Å². The van der Waals surface area contributed by atoms with Gasteiger partial charge in [-0.25, -0.2) is 9.29 Å². The number of piperidine rings is 1. The molecule has 3 atom stereocenters. The predicted molar refractivity (Wildman–Crippen MR) is 118 cm³/mol. The van der Waals surface area contributed by atoms with Crippen molar-refractivity contribution in [2.24, 2.45) is 11.8 Å². The molecule has 0 bridgehead atoms. The van der Waals surface area contributed by atoms with Crippen LogP contribution in [0.1, 0.15) is 12.0 Å². The summed E-state index contributed by atoms with van der Waals surface area (Å²) in [5.74, 6) is 2.77. The first-order valence-corrected chi connectivity index (χ1v) is 11.9. The zero-order chi connectivity index (χ0) is 18.9. The van der Waals surface area contributed by atoms with Crippen LogP contribution in [0, 0.1) is 11.8 Å². The fourth-order valence-corrected chi connectivity index (χ4v) is 5.92. The number of nitrogens with zero attached hydrogens (tertiary/aromatic N) is 2. The lowest BCUT2D eigenvalue weighted by Gasteiger charge is -2.25. The van der Waals surface area contributed by atoms with Gasteiger partial charge in [0, 0.05) is 19.1 Å². The quantitative estimate of drug-likeness (QED) is 0.425. The molecule has 2 aromatic carbocycles. The molecular weight excluding hydrogens is 386 g/mol. The van der Waals surface area contributed by atoms with Gasteiger partial charge in [-0.3, -0.25) is 0 Å². The topological polar surface area (TPSA) is 37.4 Å². The normalized spacial score (nSPS) is 23.8. The molecular formula is C22H25N3OS2. The lowest BCUT2D eigenvalue weighted by molar-refractivity contribution is 0.364. The molecule has 1 saturated heterocycles. The fraction of sp³-hybridized carbons (Fsp3) is 0.409. The van der Waals surface area contributed by atoms with Crippen molar-refractivity contribution in [3.63, 3.8) is 0 Å². The third-order valence-electron chi connectivity index (χ3n) is 5.81. The predicted octanol–water partition coefficient (Wildman–Crippen LogP) is 4.82. The molecule has 1 aliphatic heterocycles. The first kappa shape index (κ1) is 18.4. The minimum Gasteiger partial charge on any atom is -0.431 e. The summed E-state index contributed by atoms with van der Waals surface area (Å²) in [5.41, 5.74) is 2.29. The maximum absolute atomic E-state index is 6.02. The van der Waals surface area contributed by atoms with Crippen molar-refractivity contribution in [3.8, 4) is 10.9 Å². The molecule has 2 fully saturated rings. The summed E-state index contributed by atoms with van der Waals surface area (Å²) in [4.78, 5) is 4.56. The first-order chi connectivity index (χ1) is 13.8. The Balaban J connectivity index is 1.14. The maximum Gasteiger partial charge on any atom is 0.279 e. The van der Waals surface area contributed by atoms with E-state index in [1.54, 1.807) is 11.3 Å². The smallest absolute Gasteiger partial charge is 0.279 e. The van der Waals surface area contributed by atoms with E-state index in [-0.39, 0.29) is 0 Å². The monoisotopic (exact) mass is 411 g/mol. The number of hydrogen-bond donors (Lipinski definition) is 1. The summed E-state index contributed by atoms with van der Waals surface area (Å²) >= 11 is 3.49. The summed E-state index contributed by atoms with van der Waals surface area (Å²) in [6.45, 7) is 3.38. The summed E-state index contributed by atoms with van der Waals surface area (Å²) in [6.07, 6.45) is 4.65. The fourth-order valence-electron chi connectivity index (χ4n) is 4.24. The van der Waals surface area contributed by atoms with Gasteiger partial charge >= 0.3 is 0 Å². The molecule has 28 heavy (non-hydrogen) atoms. The van der Waals surface area contributed by atoms with E-state index in [0.29, 0.717) is 11.2 Å². The second-order valence-corrected chi connectivity index (χ2v) is 9.49. The lowest BCUT2D eigenvalue weighted by atomic mass is 10.1. The molecule has 2 aliphatic rings. The van der Waals surface area contributed by atoms with Crippen LogP contribution in [0.2, 0.25) is 0 Å². The Bertz CT molecular complexity index is 927. The Morgan fingerprint density at radius 1 is 1.25 bits per heavy atom. The number of fused-ring (bicyclic) bond motifs is 2. The van der Waals surface area contributed by atoms with E-state index < -0.39 is 0 Å². The van der Waals surface area contributed by atoms with E-state index >= 15 is 0 Å². The van der Waals surface area contributed by atoms with Gasteiger partial charge in [-0.05, 0) is 67.3 Å². The average Bonchev–Trinajstić information content (AvgIpc) is 3.21. The molecule has 3 unspecified atom stereocenters. The zero-order valence-electron chi connectivity index (χ0n) is 16.0. The van der Waals surface area contributed by atoms with Crippen LogP contribution < -0.4 is 10.1 Å². The van der Waals surface area contributed by atoms with Crippen LogP contribution in [0.25, 0.3) is 10.2 Å². The Labute approximate surface area is 174 Å². The number of thiazole rings is 1. The lowest BCUT2D eigenvalue weighted by Crippen LogP contribution is -2.37. The Hall–Kier alpha value is -1.60. The van der Waals surface area contributed by atoms with E-state index in [1.807, 2.05) is 36.2 Å². The van der Waals surface area contributed by atoms with Crippen LogP contribution in [-0.2, 0) is 6.42 Å². The van der Waals surface area contributed by atoms with E-state index in [9.17, 15) is 0 Å². The van der Waals surface area contributed by atoms with Gasteiger partial charge in [-0.15, -0.1) is 0 Å². The van der Waals surface area contributed by atoms with Crippen LogP contribution in [0.5, 0.6) is 10.9 Å². The summed E-state index contributed by atoms with van der Waals surface area (Å²) in [5, 5.41) is 4.38. The number of para-hydroxylation sites is 1. The number of ether oxygens (including phenoxy) is 1. The van der Waals surface area contributed by atoms with Crippen molar-refractivity contribution < 1.29 is 4.74 Å². The minimum absolute atomic E-state index is 0.703. The van der Waals surface area contributed by atoms with Crippen LogP contribution in [-0.4, -0.2) is 41.2 Å². The first-order valence-electron chi connectivity index (χ1n) is 9.94. The summed E-state index contributed by atoms with van der Waals surface area (Å²) < 4.78 is 9.74. The van der Waals surface area contributed by atoms with Crippen molar-refractivity contribution in [1.82, 2.24) is 14.6 Å². The highest BCUT2D eigenvalue weighted by Crippen LogP contribution is 2.50. The summed E-state index contributed by atoms with van der Waals surface area (Å²) in [7, 11) is 0. The van der Waals surface area contributed by atoms with Gasteiger partial charge in [-0.1, -0.05) is 47.6 Å². The van der Waals surface area contributed by atoms with Crippen molar-refractivity contribution in [3.05, 3.63) is 54.1 Å². The van der Waals surface area contributed by atoms with Gasteiger partial charge in [0.05, 0.1) is 10.2 Å². The van der Waals surface area contributed by atoms with Crippen molar-refractivity contribution in [2.45, 2.75) is 18.9 Å². The molecule has 146 valence electrons. The Kier molecular flexibility index (Phi) is 5.28. The average molecular weight is 412 g/mol. The minimum atomic E-state index is 0.703. The molecule has 0 radical (unpaired) electrons. The standard InChI is InChI=1S/C22H25N3OS2/c1-27-25-14-16-12-18(16)20(25)13-23-10-9-15-5-4-6-17(11-15)26-22-24-19-7-2-3-8-21(19)28-22/h2-8,11,16,18,20,23H,9-10,12-14H2,1H3. The number of benzene rings is 2. The highest BCUT2D eigenvalue weighted by Gasteiger charge is 2.51. The number of nitrogens with one attached hydrogen (secondary N) is 1. The summed E-state index contributed by atoms with van der Waals surface area (Å²) in [6, 6.07) is 17.2. The van der Waals surface area contributed by atoms with E-state index in [1.165, 1.54) is 18.5 Å². The third-order valence-corrected chi connectivity index (χ3v) is 7.62. The van der Waals surface area contributed by atoms with E-state index in [0.717, 1.165) is 47.3 Å². The molecule has 1 aliphatic carbocycles. The van der Waals surface area contributed by atoms with Crippen LogP contribution in [0.3, 0.4) is 0 Å². The van der Waals surface area contributed by atoms with Crippen molar-refractivity contribution >= 4 is 33.5 Å².